The lowest BCUT2D eigenvalue weighted by Crippen LogP contribution is -2.30. The average molecular weight is 1160 g/mol. The lowest BCUT2D eigenvalue weighted by Gasteiger charge is -2.21. The highest BCUT2D eigenvalue weighted by Gasteiger charge is 2.29. The van der Waals surface area contributed by atoms with Crippen LogP contribution in [0.2, 0.25) is 0 Å². The molecule has 0 saturated carbocycles. The predicted molar refractivity (Wildman–Crippen MR) is 316 cm³/mol. The third kappa shape index (κ3) is 56.9. The lowest BCUT2D eigenvalue weighted by atomic mass is 10.1. The van der Waals surface area contributed by atoms with Gasteiger partial charge in [0.2, 0.25) is 0 Å². The molecular formula is C61H110O16P2. The fraction of sp³-hybridized carbons (Fsp3) is 0.787. The van der Waals surface area contributed by atoms with Gasteiger partial charge >= 0.3 is 33.6 Å². The van der Waals surface area contributed by atoms with Crippen molar-refractivity contribution < 1.29 is 75.8 Å². The summed E-state index contributed by atoms with van der Waals surface area (Å²) in [6.07, 6.45) is 52.9. The molecular weight excluding hydrogens is 1050 g/mol. The van der Waals surface area contributed by atoms with Gasteiger partial charge in [-0.25, -0.2) is 9.13 Å². The van der Waals surface area contributed by atoms with Gasteiger partial charge in [0.1, 0.15) is 25.4 Å². The number of ether oxygens (including phenoxy) is 3. The van der Waals surface area contributed by atoms with Crippen LogP contribution in [0.15, 0.2) is 60.8 Å². The molecule has 79 heavy (non-hydrogen) atoms. The fourth-order valence-corrected chi connectivity index (χ4v) is 9.51. The summed E-state index contributed by atoms with van der Waals surface area (Å²) in [5.74, 6) is -1.61. The first-order valence-corrected chi connectivity index (χ1v) is 33.6. The average Bonchev–Trinajstić information content (AvgIpc) is 3.42. The molecule has 16 nitrogen and oxygen atoms in total. The number of rotatable bonds is 58. The molecule has 0 aliphatic rings. The molecule has 5 atom stereocenters. The van der Waals surface area contributed by atoms with E-state index in [0.29, 0.717) is 19.3 Å². The van der Waals surface area contributed by atoms with Crippen molar-refractivity contribution in [2.45, 2.75) is 270 Å². The number of unbranched alkanes of at least 4 members (excludes halogenated alkanes) is 25. The standard InChI is InChI=1S/C61H110O16P2/c1-4-7-10-13-16-19-22-25-27-30-32-35-38-41-44-47-59(64)71-50-56(62)51-73-78(67,68)74-52-57(63)53-75-79(69,70)76-55-58(77-61(66)49-46-43-40-37-34-29-24-21-18-15-12-9-6-3)54-72-60(65)48-45-42-39-36-33-31-28-26-23-20-17-14-11-8-5-2/h12,15-16,19,21,24-28,56-58,62-63H,4-11,13-14,17-18,20,22-23,29-55H2,1-3H3,(H,67,68)(H,69,70)/b15-12-,19-16-,24-21-,27-25-,28-26-. The zero-order valence-electron chi connectivity index (χ0n) is 49.3. The number of aliphatic hydroxyl groups excluding tert-OH is 2. The van der Waals surface area contributed by atoms with Crippen molar-refractivity contribution in [1.29, 1.82) is 0 Å². The Morgan fingerprint density at radius 1 is 0.354 bits per heavy atom. The van der Waals surface area contributed by atoms with E-state index < -0.39 is 91.5 Å². The maximum atomic E-state index is 12.8. The largest absolute Gasteiger partial charge is 0.472 e. The zero-order valence-corrected chi connectivity index (χ0v) is 51.1. The second kappa shape index (κ2) is 55.8. The Bertz CT molecular complexity index is 1700. The number of hydrogen-bond acceptors (Lipinski definition) is 14. The zero-order chi connectivity index (χ0) is 58.2. The third-order valence-electron chi connectivity index (χ3n) is 12.7. The number of phosphoric acid groups is 2. The van der Waals surface area contributed by atoms with Gasteiger partial charge < -0.3 is 34.2 Å². The molecule has 5 unspecified atom stereocenters. The minimum absolute atomic E-state index is 0.0882. The van der Waals surface area contributed by atoms with Crippen LogP contribution in [0, 0.1) is 0 Å². The molecule has 0 amide bonds. The maximum absolute atomic E-state index is 12.8. The van der Waals surface area contributed by atoms with E-state index in [0.717, 1.165) is 135 Å². The second-order valence-corrected chi connectivity index (χ2v) is 23.4. The third-order valence-corrected chi connectivity index (χ3v) is 14.6. The van der Waals surface area contributed by atoms with Crippen molar-refractivity contribution in [2.24, 2.45) is 0 Å². The number of phosphoric ester groups is 2. The van der Waals surface area contributed by atoms with Crippen molar-refractivity contribution in [3.05, 3.63) is 60.8 Å². The number of aliphatic hydroxyl groups is 2. The summed E-state index contributed by atoms with van der Waals surface area (Å²) in [6.45, 7) is 2.52. The molecule has 0 radical (unpaired) electrons. The van der Waals surface area contributed by atoms with E-state index >= 15 is 0 Å². The van der Waals surface area contributed by atoms with Gasteiger partial charge in [0.05, 0.1) is 26.4 Å². The summed E-state index contributed by atoms with van der Waals surface area (Å²) in [4.78, 5) is 58.1. The van der Waals surface area contributed by atoms with Crippen LogP contribution in [0.3, 0.4) is 0 Å². The van der Waals surface area contributed by atoms with Gasteiger partial charge in [-0.1, -0.05) is 191 Å². The van der Waals surface area contributed by atoms with Crippen LogP contribution in [-0.2, 0) is 55.8 Å². The van der Waals surface area contributed by atoms with E-state index in [1.807, 2.05) is 0 Å². The van der Waals surface area contributed by atoms with Gasteiger partial charge in [0.25, 0.3) is 0 Å². The van der Waals surface area contributed by atoms with Crippen molar-refractivity contribution in [3.8, 4) is 0 Å². The van der Waals surface area contributed by atoms with Crippen LogP contribution in [-0.4, -0.2) is 95.9 Å². The fourth-order valence-electron chi connectivity index (χ4n) is 7.93. The van der Waals surface area contributed by atoms with Gasteiger partial charge in [-0.05, 0) is 103 Å². The van der Waals surface area contributed by atoms with E-state index in [1.54, 1.807) is 0 Å². The maximum Gasteiger partial charge on any atom is 0.472 e. The van der Waals surface area contributed by atoms with Crippen molar-refractivity contribution in [1.82, 2.24) is 0 Å². The van der Waals surface area contributed by atoms with Crippen LogP contribution >= 0.6 is 15.6 Å². The summed E-state index contributed by atoms with van der Waals surface area (Å²) >= 11 is 0. The molecule has 0 bridgehead atoms. The van der Waals surface area contributed by atoms with E-state index in [-0.39, 0.29) is 19.3 Å². The van der Waals surface area contributed by atoms with Crippen LogP contribution < -0.4 is 0 Å². The summed E-state index contributed by atoms with van der Waals surface area (Å²) in [7, 11) is -9.76. The van der Waals surface area contributed by atoms with E-state index in [4.69, 9.17) is 32.3 Å². The number of carbonyl (C=O) groups is 3. The summed E-state index contributed by atoms with van der Waals surface area (Å²) in [6, 6.07) is 0. The quantitative estimate of drug-likeness (QED) is 0.0146. The van der Waals surface area contributed by atoms with Gasteiger partial charge in [-0.15, -0.1) is 0 Å². The highest BCUT2D eigenvalue weighted by Crippen LogP contribution is 2.45. The number of allylic oxidation sites excluding steroid dienone is 10. The first-order chi connectivity index (χ1) is 38.2. The molecule has 0 aliphatic heterocycles. The minimum atomic E-state index is -4.92. The molecule has 0 heterocycles. The minimum Gasteiger partial charge on any atom is -0.463 e. The number of hydrogen-bond donors (Lipinski definition) is 4. The Labute approximate surface area is 478 Å². The molecule has 0 saturated heterocycles. The smallest absolute Gasteiger partial charge is 0.463 e. The Kier molecular flexibility index (Phi) is 53.8. The number of esters is 3. The monoisotopic (exact) mass is 1160 g/mol. The topological polar surface area (TPSA) is 231 Å². The van der Waals surface area contributed by atoms with Crippen LogP contribution in [0.5, 0.6) is 0 Å². The molecule has 0 aromatic rings. The van der Waals surface area contributed by atoms with Crippen molar-refractivity contribution in [2.75, 3.05) is 39.6 Å². The SMILES string of the molecule is CCC/C=C\C/C=C\CCCCCCCC(=O)OC(COC(=O)CCCCCCC/C=C\CCCCCCCC)COP(=O)(O)OCC(O)COP(=O)(O)OCC(O)COC(=O)CCCCCCC/C=C\C/C=C\CCCCC. The van der Waals surface area contributed by atoms with E-state index in [2.05, 4.69) is 81.5 Å². The Morgan fingerprint density at radius 2 is 0.658 bits per heavy atom. The van der Waals surface area contributed by atoms with E-state index in [1.165, 1.54) is 57.8 Å². The summed E-state index contributed by atoms with van der Waals surface area (Å²) < 4.78 is 60.6. The van der Waals surface area contributed by atoms with Crippen LogP contribution in [0.4, 0.5) is 0 Å². The van der Waals surface area contributed by atoms with Crippen LogP contribution in [0.1, 0.15) is 252 Å². The van der Waals surface area contributed by atoms with Crippen molar-refractivity contribution >= 4 is 33.6 Å². The second-order valence-electron chi connectivity index (χ2n) is 20.5. The molecule has 0 aromatic carbocycles. The first kappa shape index (κ1) is 76.2. The molecule has 0 fully saturated rings. The summed E-state index contributed by atoms with van der Waals surface area (Å²) in [5, 5.41) is 20.4. The Balaban J connectivity index is 4.71. The lowest BCUT2D eigenvalue weighted by molar-refractivity contribution is -0.161. The predicted octanol–water partition coefficient (Wildman–Crippen LogP) is 15.9. The molecule has 18 heteroatoms. The highest BCUT2D eigenvalue weighted by molar-refractivity contribution is 7.47. The summed E-state index contributed by atoms with van der Waals surface area (Å²) in [5.41, 5.74) is 0. The Morgan fingerprint density at radius 3 is 1.08 bits per heavy atom. The highest BCUT2D eigenvalue weighted by atomic mass is 31.2. The Hall–Kier alpha value is -2.75. The van der Waals surface area contributed by atoms with Crippen LogP contribution in [0.25, 0.3) is 0 Å². The molecule has 0 aliphatic carbocycles. The van der Waals surface area contributed by atoms with Gasteiger partial charge in [-0.2, -0.15) is 0 Å². The van der Waals surface area contributed by atoms with Gasteiger partial charge in [0, 0.05) is 19.3 Å². The number of carbonyl (C=O) groups excluding carboxylic acids is 3. The van der Waals surface area contributed by atoms with Gasteiger partial charge in [0.15, 0.2) is 6.10 Å². The molecule has 4 N–H and O–H groups in total. The molecule has 0 aromatic heterocycles. The normalized spacial score (nSPS) is 14.9. The van der Waals surface area contributed by atoms with E-state index in [9.17, 15) is 43.5 Å². The van der Waals surface area contributed by atoms with Crippen molar-refractivity contribution in [3.63, 3.8) is 0 Å². The first-order valence-electron chi connectivity index (χ1n) is 30.6. The molecule has 0 rings (SSSR count). The van der Waals surface area contributed by atoms with Gasteiger partial charge in [-0.3, -0.25) is 32.5 Å². The molecule has 460 valence electrons. The molecule has 0 spiro atoms.